The average Bonchev–Trinajstić information content (AvgIpc) is 2.41. The van der Waals surface area contributed by atoms with Crippen molar-refractivity contribution in [3.05, 3.63) is 35.9 Å². The second kappa shape index (κ2) is 7.20. The first-order valence-corrected chi connectivity index (χ1v) is 7.11. The summed E-state index contributed by atoms with van der Waals surface area (Å²) in [4.78, 5) is 24.5. The number of hydrogen-bond donors (Lipinski definition) is 0. The Morgan fingerprint density at radius 3 is 2.45 bits per heavy atom. The van der Waals surface area contributed by atoms with Crippen LogP contribution in [-0.4, -0.2) is 29.9 Å². The van der Waals surface area contributed by atoms with E-state index >= 15 is 0 Å². The lowest BCUT2D eigenvalue weighted by Crippen LogP contribution is -2.34. The van der Waals surface area contributed by atoms with Gasteiger partial charge in [-0.1, -0.05) is 30.3 Å². The molecule has 1 fully saturated rings. The van der Waals surface area contributed by atoms with E-state index < -0.39 is 5.97 Å². The van der Waals surface area contributed by atoms with Gasteiger partial charge >= 0.3 is 11.9 Å². The second-order valence-corrected chi connectivity index (χ2v) is 5.37. The minimum Gasteiger partial charge on any atom is -0.393 e. The van der Waals surface area contributed by atoms with Crippen molar-refractivity contribution in [2.45, 2.75) is 32.7 Å². The molecule has 1 saturated heterocycles. The average molecular weight is 275 g/mol. The van der Waals surface area contributed by atoms with E-state index in [4.69, 9.17) is 0 Å². The molecule has 0 aliphatic carbocycles. The molecule has 4 heteroatoms. The Kier molecular flexibility index (Phi) is 5.30. The van der Waals surface area contributed by atoms with Crippen molar-refractivity contribution in [3.63, 3.8) is 0 Å². The summed E-state index contributed by atoms with van der Waals surface area (Å²) in [5, 5.41) is 0. The number of hydrogen-bond acceptors (Lipinski definition) is 4. The molecule has 4 nitrogen and oxygen atoms in total. The zero-order valence-electron chi connectivity index (χ0n) is 11.9. The molecule has 20 heavy (non-hydrogen) atoms. The first-order chi connectivity index (χ1) is 9.63. The Morgan fingerprint density at radius 2 is 1.85 bits per heavy atom. The monoisotopic (exact) mass is 275 g/mol. The number of carbonyl (C=O) groups is 2. The van der Waals surface area contributed by atoms with Crippen LogP contribution in [-0.2, 0) is 20.9 Å². The quantitative estimate of drug-likeness (QED) is 0.625. The van der Waals surface area contributed by atoms with Crippen LogP contribution in [0.3, 0.4) is 0 Å². The fourth-order valence-electron chi connectivity index (χ4n) is 2.63. The highest BCUT2D eigenvalue weighted by Gasteiger charge is 2.22. The topological polar surface area (TPSA) is 46.6 Å². The molecule has 0 saturated carbocycles. The van der Waals surface area contributed by atoms with Gasteiger partial charge in [-0.25, -0.2) is 0 Å². The van der Waals surface area contributed by atoms with Crippen molar-refractivity contribution in [2.75, 3.05) is 13.1 Å². The predicted octanol–water partition coefficient (Wildman–Crippen LogP) is 2.38. The third-order valence-corrected chi connectivity index (χ3v) is 3.67. The number of carbonyl (C=O) groups excluding carboxylic acids is 2. The molecule has 0 aromatic heterocycles. The van der Waals surface area contributed by atoms with Gasteiger partial charge in [-0.2, -0.15) is 0 Å². The minimum absolute atomic E-state index is 0.342. The smallest absolute Gasteiger partial charge is 0.313 e. The largest absolute Gasteiger partial charge is 0.393 e. The second-order valence-electron chi connectivity index (χ2n) is 5.37. The van der Waals surface area contributed by atoms with Gasteiger partial charge in [0.25, 0.3) is 0 Å². The summed E-state index contributed by atoms with van der Waals surface area (Å²) in [6.07, 6.45) is 2.33. The van der Waals surface area contributed by atoms with E-state index in [0.717, 1.165) is 32.5 Å². The third kappa shape index (κ3) is 4.78. The number of piperidine rings is 1. The minimum atomic E-state index is -0.517. The molecule has 1 aliphatic rings. The number of nitrogens with zero attached hydrogens (tertiary/aromatic N) is 1. The summed E-state index contributed by atoms with van der Waals surface area (Å²) in [6.45, 7) is 4.21. The zero-order valence-corrected chi connectivity index (χ0v) is 11.9. The van der Waals surface area contributed by atoms with Gasteiger partial charge in [-0.05, 0) is 37.4 Å². The van der Waals surface area contributed by atoms with E-state index in [0.29, 0.717) is 12.3 Å². The van der Waals surface area contributed by atoms with Crippen molar-refractivity contribution >= 4 is 11.9 Å². The summed E-state index contributed by atoms with van der Waals surface area (Å²) in [5.74, 6) is -0.565. The molecule has 1 heterocycles. The van der Waals surface area contributed by atoms with Crippen molar-refractivity contribution in [1.82, 2.24) is 4.90 Å². The molecule has 0 atom stereocenters. The maximum atomic E-state index is 11.4. The maximum absolute atomic E-state index is 11.4. The van der Waals surface area contributed by atoms with Gasteiger partial charge in [0, 0.05) is 19.9 Å². The number of likely N-dealkylation sites (tertiary alicyclic amines) is 1. The van der Waals surface area contributed by atoms with Crippen LogP contribution in [0, 0.1) is 5.92 Å². The molecular weight excluding hydrogens is 254 g/mol. The standard InChI is InChI=1S/C16H21NO3/c1-13(18)20-16(19)11-14-7-9-17(10-8-14)12-15-5-3-2-4-6-15/h2-6,14H,7-12H2,1H3. The van der Waals surface area contributed by atoms with E-state index in [9.17, 15) is 9.59 Å². The van der Waals surface area contributed by atoms with Crippen LogP contribution in [0.1, 0.15) is 31.7 Å². The first kappa shape index (κ1) is 14.7. The maximum Gasteiger partial charge on any atom is 0.313 e. The lowest BCUT2D eigenvalue weighted by Gasteiger charge is -2.31. The van der Waals surface area contributed by atoms with Crippen LogP contribution in [0.4, 0.5) is 0 Å². The third-order valence-electron chi connectivity index (χ3n) is 3.67. The molecule has 0 amide bonds. The van der Waals surface area contributed by atoms with Crippen molar-refractivity contribution in [1.29, 1.82) is 0 Å². The lowest BCUT2D eigenvalue weighted by molar-refractivity contribution is -0.158. The molecule has 1 aliphatic heterocycles. The highest BCUT2D eigenvalue weighted by molar-refractivity contribution is 5.84. The summed E-state index contributed by atoms with van der Waals surface area (Å²) < 4.78 is 4.58. The van der Waals surface area contributed by atoms with Crippen molar-refractivity contribution < 1.29 is 14.3 Å². The summed E-state index contributed by atoms with van der Waals surface area (Å²) in [7, 11) is 0. The van der Waals surface area contributed by atoms with E-state index in [1.165, 1.54) is 12.5 Å². The summed E-state index contributed by atoms with van der Waals surface area (Å²) in [5.41, 5.74) is 1.32. The molecular formula is C16H21NO3. The lowest BCUT2D eigenvalue weighted by atomic mass is 9.93. The van der Waals surface area contributed by atoms with E-state index in [2.05, 4.69) is 33.9 Å². The molecule has 1 aromatic rings. The van der Waals surface area contributed by atoms with Crippen molar-refractivity contribution in [3.8, 4) is 0 Å². The van der Waals surface area contributed by atoms with E-state index in [-0.39, 0.29) is 5.97 Å². The number of rotatable bonds is 4. The number of benzene rings is 1. The van der Waals surface area contributed by atoms with Crippen LogP contribution in [0.15, 0.2) is 30.3 Å². The van der Waals surface area contributed by atoms with Crippen LogP contribution in [0.25, 0.3) is 0 Å². The predicted molar refractivity (Wildman–Crippen MR) is 75.8 cm³/mol. The normalized spacial score (nSPS) is 16.9. The molecule has 1 aromatic carbocycles. The van der Waals surface area contributed by atoms with Gasteiger partial charge in [-0.3, -0.25) is 14.5 Å². The molecule has 0 spiro atoms. The molecule has 0 N–H and O–H groups in total. The number of ether oxygens (including phenoxy) is 1. The Balaban J connectivity index is 1.72. The van der Waals surface area contributed by atoms with Crippen molar-refractivity contribution in [2.24, 2.45) is 5.92 Å². The molecule has 2 rings (SSSR count). The van der Waals surface area contributed by atoms with Crippen LogP contribution >= 0.6 is 0 Å². The first-order valence-electron chi connectivity index (χ1n) is 7.11. The summed E-state index contributed by atoms with van der Waals surface area (Å²) >= 11 is 0. The summed E-state index contributed by atoms with van der Waals surface area (Å²) in [6, 6.07) is 10.4. The Hall–Kier alpha value is -1.68. The van der Waals surface area contributed by atoms with Gasteiger partial charge in [0.15, 0.2) is 0 Å². The highest BCUT2D eigenvalue weighted by atomic mass is 16.6. The molecule has 0 unspecified atom stereocenters. The Bertz CT molecular complexity index is 450. The van der Waals surface area contributed by atoms with Crippen LogP contribution < -0.4 is 0 Å². The SMILES string of the molecule is CC(=O)OC(=O)CC1CCN(Cc2ccccc2)CC1. The van der Waals surface area contributed by atoms with Crippen LogP contribution in [0.5, 0.6) is 0 Å². The van der Waals surface area contributed by atoms with Crippen LogP contribution in [0.2, 0.25) is 0 Å². The van der Waals surface area contributed by atoms with Gasteiger partial charge in [0.2, 0.25) is 0 Å². The van der Waals surface area contributed by atoms with Gasteiger partial charge < -0.3 is 4.74 Å². The Labute approximate surface area is 119 Å². The zero-order chi connectivity index (χ0) is 14.4. The van der Waals surface area contributed by atoms with Gasteiger partial charge in [0.05, 0.1) is 0 Å². The highest BCUT2D eigenvalue weighted by Crippen LogP contribution is 2.22. The fourth-order valence-corrected chi connectivity index (χ4v) is 2.63. The number of esters is 2. The Morgan fingerprint density at radius 1 is 1.20 bits per heavy atom. The van der Waals surface area contributed by atoms with Gasteiger partial charge in [0.1, 0.15) is 0 Å². The van der Waals surface area contributed by atoms with E-state index in [1.807, 2.05) is 6.07 Å². The fraction of sp³-hybridized carbons (Fsp3) is 0.500. The van der Waals surface area contributed by atoms with Gasteiger partial charge in [-0.15, -0.1) is 0 Å². The molecule has 0 bridgehead atoms. The molecule has 108 valence electrons. The molecule has 0 radical (unpaired) electrons. The van der Waals surface area contributed by atoms with E-state index in [1.54, 1.807) is 0 Å².